The maximum absolute atomic E-state index is 12.1. The maximum Gasteiger partial charge on any atom is 0.403 e. The van der Waals surface area contributed by atoms with Crippen LogP contribution in [0.5, 0.6) is 0 Å². The minimum atomic E-state index is -4.29. The Balaban J connectivity index is 2.45. The summed E-state index contributed by atoms with van der Waals surface area (Å²) in [5.74, 6) is -0.557. The fourth-order valence-corrected chi connectivity index (χ4v) is 1.32. The fraction of sp³-hybridized carbons (Fsp3) is 1.00. The number of rotatable bonds is 1. The van der Waals surface area contributed by atoms with E-state index < -0.39 is 18.1 Å². The molecule has 12 heavy (non-hydrogen) atoms. The lowest BCUT2D eigenvalue weighted by Crippen LogP contribution is -2.46. The van der Waals surface area contributed by atoms with Gasteiger partial charge in [-0.1, -0.05) is 0 Å². The summed E-state index contributed by atoms with van der Waals surface area (Å²) < 4.78 is 41.1. The third kappa shape index (κ3) is 2.35. The Kier molecular flexibility index (Phi) is 2.95. The van der Waals surface area contributed by atoms with Crippen molar-refractivity contribution in [1.82, 2.24) is 0 Å². The van der Waals surface area contributed by atoms with Crippen molar-refractivity contribution in [1.29, 1.82) is 0 Å². The fourth-order valence-electron chi connectivity index (χ4n) is 1.32. The summed E-state index contributed by atoms with van der Waals surface area (Å²) >= 11 is 0. The molecule has 0 aromatic heterocycles. The Bertz CT molecular complexity index is 142. The van der Waals surface area contributed by atoms with Gasteiger partial charge in [-0.3, -0.25) is 0 Å². The Labute approximate surface area is 68.9 Å². The molecule has 2 unspecified atom stereocenters. The van der Waals surface area contributed by atoms with Crippen molar-refractivity contribution in [3.05, 3.63) is 0 Å². The van der Waals surface area contributed by atoms with Crippen molar-refractivity contribution in [2.75, 3.05) is 13.2 Å². The molecular weight excluding hydrogens is 171 g/mol. The molecule has 0 bridgehead atoms. The molecule has 2 N–H and O–H groups in total. The van der Waals surface area contributed by atoms with E-state index in [2.05, 4.69) is 0 Å². The lowest BCUT2D eigenvalue weighted by molar-refractivity contribution is -0.167. The summed E-state index contributed by atoms with van der Waals surface area (Å²) in [5.41, 5.74) is 5.02. The molecule has 0 saturated carbocycles. The predicted molar refractivity (Wildman–Crippen MR) is 37.6 cm³/mol. The van der Waals surface area contributed by atoms with Crippen molar-refractivity contribution >= 4 is 0 Å². The van der Waals surface area contributed by atoms with Crippen molar-refractivity contribution in [2.45, 2.75) is 25.1 Å². The van der Waals surface area contributed by atoms with E-state index in [1.165, 1.54) is 0 Å². The minimum absolute atomic E-state index is 0.140. The summed E-state index contributed by atoms with van der Waals surface area (Å²) in [7, 11) is 0. The first-order chi connectivity index (χ1) is 5.52. The van der Waals surface area contributed by atoms with Gasteiger partial charge in [-0.05, 0) is 12.8 Å². The van der Waals surface area contributed by atoms with Crippen molar-refractivity contribution in [2.24, 2.45) is 11.7 Å². The molecule has 0 radical (unpaired) electrons. The van der Waals surface area contributed by atoms with Crippen molar-refractivity contribution in [3.8, 4) is 0 Å². The Morgan fingerprint density at radius 3 is 2.50 bits per heavy atom. The molecule has 2 atom stereocenters. The first kappa shape index (κ1) is 9.80. The second kappa shape index (κ2) is 3.62. The first-order valence-electron chi connectivity index (χ1n) is 3.92. The molecule has 0 spiro atoms. The molecule has 1 fully saturated rings. The Morgan fingerprint density at radius 1 is 1.42 bits per heavy atom. The van der Waals surface area contributed by atoms with Gasteiger partial charge in [0.2, 0.25) is 0 Å². The highest BCUT2D eigenvalue weighted by atomic mass is 19.4. The normalized spacial score (nSPS) is 28.5. The van der Waals surface area contributed by atoms with E-state index in [0.717, 1.165) is 0 Å². The molecule has 0 amide bonds. The number of ether oxygens (including phenoxy) is 1. The lowest BCUT2D eigenvalue weighted by atomic mass is 9.94. The molecule has 1 aliphatic rings. The van der Waals surface area contributed by atoms with Crippen LogP contribution < -0.4 is 5.73 Å². The van der Waals surface area contributed by atoms with E-state index in [-0.39, 0.29) is 6.61 Å². The summed E-state index contributed by atoms with van der Waals surface area (Å²) in [5, 5.41) is 0. The van der Waals surface area contributed by atoms with Crippen LogP contribution in [-0.4, -0.2) is 25.4 Å². The molecule has 1 aliphatic heterocycles. The van der Waals surface area contributed by atoms with Gasteiger partial charge >= 0.3 is 6.18 Å². The third-order valence-electron chi connectivity index (χ3n) is 2.08. The summed E-state index contributed by atoms with van der Waals surface area (Å²) in [6.07, 6.45) is -3.10. The topological polar surface area (TPSA) is 35.2 Å². The highest BCUT2D eigenvalue weighted by Gasteiger charge is 2.42. The molecule has 1 rings (SSSR count). The van der Waals surface area contributed by atoms with E-state index in [1.807, 2.05) is 0 Å². The van der Waals surface area contributed by atoms with E-state index in [9.17, 15) is 13.2 Å². The highest BCUT2D eigenvalue weighted by Crippen LogP contribution is 2.28. The van der Waals surface area contributed by atoms with Crippen LogP contribution in [0.1, 0.15) is 12.8 Å². The van der Waals surface area contributed by atoms with E-state index >= 15 is 0 Å². The molecule has 5 heteroatoms. The molecule has 0 aliphatic carbocycles. The van der Waals surface area contributed by atoms with E-state index in [4.69, 9.17) is 10.5 Å². The van der Waals surface area contributed by atoms with Crippen LogP contribution in [0.2, 0.25) is 0 Å². The van der Waals surface area contributed by atoms with Crippen LogP contribution in [0, 0.1) is 5.92 Å². The number of halogens is 3. The molecular formula is C7H12F3NO. The molecule has 1 saturated heterocycles. The monoisotopic (exact) mass is 183 g/mol. The van der Waals surface area contributed by atoms with Crippen molar-refractivity contribution in [3.63, 3.8) is 0 Å². The van der Waals surface area contributed by atoms with Gasteiger partial charge < -0.3 is 10.5 Å². The molecule has 0 aromatic rings. The number of alkyl halides is 3. The van der Waals surface area contributed by atoms with Crippen LogP contribution in [0.3, 0.4) is 0 Å². The van der Waals surface area contributed by atoms with Crippen LogP contribution in [0.25, 0.3) is 0 Å². The van der Waals surface area contributed by atoms with Crippen LogP contribution in [0.4, 0.5) is 13.2 Å². The number of hydrogen-bond donors (Lipinski definition) is 1. The first-order valence-corrected chi connectivity index (χ1v) is 3.92. The van der Waals surface area contributed by atoms with E-state index in [1.54, 1.807) is 0 Å². The summed E-state index contributed by atoms with van der Waals surface area (Å²) in [4.78, 5) is 0. The van der Waals surface area contributed by atoms with Gasteiger partial charge in [-0.15, -0.1) is 0 Å². The zero-order valence-corrected chi connectivity index (χ0v) is 6.60. The zero-order chi connectivity index (χ0) is 9.19. The molecule has 2 nitrogen and oxygen atoms in total. The van der Waals surface area contributed by atoms with Crippen LogP contribution in [-0.2, 0) is 4.74 Å². The SMILES string of the molecule is NC(C1CCCOC1)C(F)(F)F. The van der Waals surface area contributed by atoms with Crippen LogP contribution in [0.15, 0.2) is 0 Å². The third-order valence-corrected chi connectivity index (χ3v) is 2.08. The van der Waals surface area contributed by atoms with Gasteiger partial charge in [0.25, 0.3) is 0 Å². The molecule has 72 valence electrons. The molecule has 1 heterocycles. The Hall–Kier alpha value is -0.290. The predicted octanol–water partition coefficient (Wildman–Crippen LogP) is 1.30. The maximum atomic E-state index is 12.1. The highest BCUT2D eigenvalue weighted by molar-refractivity contribution is 4.80. The number of nitrogens with two attached hydrogens (primary N) is 1. The van der Waals surface area contributed by atoms with Gasteiger partial charge in [0, 0.05) is 12.5 Å². The van der Waals surface area contributed by atoms with Gasteiger partial charge in [0.05, 0.1) is 6.61 Å². The largest absolute Gasteiger partial charge is 0.403 e. The average molecular weight is 183 g/mol. The quantitative estimate of drug-likeness (QED) is 0.665. The van der Waals surface area contributed by atoms with Gasteiger partial charge in [-0.25, -0.2) is 0 Å². The second-order valence-electron chi connectivity index (χ2n) is 3.04. The second-order valence-corrected chi connectivity index (χ2v) is 3.04. The van der Waals surface area contributed by atoms with Crippen LogP contribution >= 0.6 is 0 Å². The van der Waals surface area contributed by atoms with E-state index in [0.29, 0.717) is 19.4 Å². The van der Waals surface area contributed by atoms with Gasteiger partial charge in [-0.2, -0.15) is 13.2 Å². The van der Waals surface area contributed by atoms with Gasteiger partial charge in [0.15, 0.2) is 0 Å². The zero-order valence-electron chi connectivity index (χ0n) is 6.60. The lowest BCUT2D eigenvalue weighted by Gasteiger charge is -2.28. The summed E-state index contributed by atoms with van der Waals surface area (Å²) in [6, 6.07) is -1.72. The van der Waals surface area contributed by atoms with Gasteiger partial charge in [0.1, 0.15) is 6.04 Å². The number of hydrogen-bond acceptors (Lipinski definition) is 2. The smallest absolute Gasteiger partial charge is 0.381 e. The standard InChI is InChI=1S/C7H12F3NO/c8-7(9,10)6(11)5-2-1-3-12-4-5/h5-6H,1-4,11H2. The van der Waals surface area contributed by atoms with Crippen molar-refractivity contribution < 1.29 is 17.9 Å². The average Bonchev–Trinajstić information content (AvgIpc) is 2.03. The summed E-state index contributed by atoms with van der Waals surface area (Å²) in [6.45, 7) is 0.696. The Morgan fingerprint density at radius 2 is 2.08 bits per heavy atom. The minimum Gasteiger partial charge on any atom is -0.381 e. The molecule has 0 aromatic carbocycles.